The van der Waals surface area contributed by atoms with Gasteiger partial charge >= 0.3 is 0 Å². The van der Waals surface area contributed by atoms with E-state index < -0.39 is 5.91 Å². The standard InChI is InChI=1S/C20H28N8O2/c1-4-11-28(12-5-2)20-24-17(23-19(21)25-20)8-6-7-14-9-10-15(16(13-14)30-3)18(29)26-27-22/h9-10,13H,4-8,11-12H2,1-3H3,(H2,21,23,24,25). The summed E-state index contributed by atoms with van der Waals surface area (Å²) < 4.78 is 5.26. The number of carbonyl (C=O) groups excluding carboxylic acids is 1. The number of azide groups is 1. The highest BCUT2D eigenvalue weighted by atomic mass is 16.5. The van der Waals surface area contributed by atoms with Gasteiger partial charge in [-0.3, -0.25) is 4.79 Å². The summed E-state index contributed by atoms with van der Waals surface area (Å²) >= 11 is 0. The first-order valence-corrected chi connectivity index (χ1v) is 10.0. The fourth-order valence-corrected chi connectivity index (χ4v) is 3.14. The van der Waals surface area contributed by atoms with E-state index in [9.17, 15) is 4.79 Å². The number of nitrogens with two attached hydrogens (primary N) is 1. The average Bonchev–Trinajstić information content (AvgIpc) is 2.73. The summed E-state index contributed by atoms with van der Waals surface area (Å²) in [5, 5.41) is 3.12. The minimum atomic E-state index is -0.669. The molecule has 10 heteroatoms. The Morgan fingerprint density at radius 2 is 1.93 bits per heavy atom. The van der Waals surface area contributed by atoms with Crippen molar-refractivity contribution < 1.29 is 9.53 Å². The Kier molecular flexibility index (Phi) is 8.83. The predicted molar refractivity (Wildman–Crippen MR) is 116 cm³/mol. The maximum Gasteiger partial charge on any atom is 0.252 e. The monoisotopic (exact) mass is 412 g/mol. The Labute approximate surface area is 176 Å². The summed E-state index contributed by atoms with van der Waals surface area (Å²) in [6, 6.07) is 5.20. The fourth-order valence-electron chi connectivity index (χ4n) is 3.14. The summed E-state index contributed by atoms with van der Waals surface area (Å²) in [5.74, 6) is 1.24. The Balaban J connectivity index is 2.07. The number of hydrogen-bond acceptors (Lipinski definition) is 7. The van der Waals surface area contributed by atoms with E-state index in [1.54, 1.807) is 12.1 Å². The quantitative estimate of drug-likeness (QED) is 0.336. The molecule has 0 unspecified atom stereocenters. The second-order valence-corrected chi connectivity index (χ2v) is 6.78. The lowest BCUT2D eigenvalue weighted by atomic mass is 10.0. The van der Waals surface area contributed by atoms with Crippen molar-refractivity contribution in [3.8, 4) is 5.75 Å². The number of benzene rings is 1. The highest BCUT2D eigenvalue weighted by molar-refractivity contribution is 5.97. The molecule has 0 radical (unpaired) electrons. The molecule has 0 atom stereocenters. The smallest absolute Gasteiger partial charge is 0.252 e. The van der Waals surface area contributed by atoms with Crippen molar-refractivity contribution in [1.29, 1.82) is 0 Å². The van der Waals surface area contributed by atoms with Crippen LogP contribution in [-0.4, -0.2) is 41.1 Å². The molecule has 0 saturated carbocycles. The normalized spacial score (nSPS) is 10.4. The Hall–Kier alpha value is -3.39. The minimum Gasteiger partial charge on any atom is -0.496 e. The van der Waals surface area contributed by atoms with Crippen LogP contribution in [0.5, 0.6) is 5.75 Å². The van der Waals surface area contributed by atoms with Gasteiger partial charge in [-0.1, -0.05) is 19.9 Å². The zero-order valence-electron chi connectivity index (χ0n) is 17.7. The Morgan fingerprint density at radius 3 is 2.57 bits per heavy atom. The van der Waals surface area contributed by atoms with Crippen LogP contribution in [0, 0.1) is 0 Å². The molecule has 2 N–H and O–H groups in total. The molecule has 1 aromatic carbocycles. The van der Waals surface area contributed by atoms with Gasteiger partial charge in [-0.25, -0.2) is 0 Å². The molecule has 30 heavy (non-hydrogen) atoms. The number of nitrogen functional groups attached to an aromatic ring is 1. The number of amides is 1. The molecule has 0 aliphatic rings. The molecule has 0 spiro atoms. The third-order valence-corrected chi connectivity index (χ3v) is 4.45. The molecule has 2 rings (SSSR count). The van der Waals surface area contributed by atoms with Crippen LogP contribution < -0.4 is 15.4 Å². The van der Waals surface area contributed by atoms with Gasteiger partial charge in [0.2, 0.25) is 11.9 Å². The number of nitrogens with zero attached hydrogens (tertiary/aromatic N) is 7. The van der Waals surface area contributed by atoms with Gasteiger partial charge in [-0.2, -0.15) is 15.0 Å². The summed E-state index contributed by atoms with van der Waals surface area (Å²) in [4.78, 5) is 29.6. The van der Waals surface area contributed by atoms with Crippen molar-refractivity contribution in [2.45, 2.75) is 46.0 Å². The van der Waals surface area contributed by atoms with E-state index >= 15 is 0 Å². The number of aryl methyl sites for hydroxylation is 2. The van der Waals surface area contributed by atoms with Crippen molar-refractivity contribution in [3.63, 3.8) is 0 Å². The summed E-state index contributed by atoms with van der Waals surface area (Å²) in [7, 11) is 1.47. The first-order valence-electron chi connectivity index (χ1n) is 10.0. The first-order chi connectivity index (χ1) is 14.5. The van der Waals surface area contributed by atoms with Crippen LogP contribution in [0.3, 0.4) is 0 Å². The molecular weight excluding hydrogens is 384 g/mol. The molecule has 0 fully saturated rings. The van der Waals surface area contributed by atoms with Crippen LogP contribution in [0.2, 0.25) is 0 Å². The van der Waals surface area contributed by atoms with Crippen LogP contribution in [0.15, 0.2) is 23.3 Å². The Bertz CT molecular complexity index is 906. The highest BCUT2D eigenvalue weighted by Gasteiger charge is 2.13. The van der Waals surface area contributed by atoms with Gasteiger partial charge in [0.25, 0.3) is 5.91 Å². The minimum absolute atomic E-state index is 0.231. The number of ether oxygens (including phenoxy) is 1. The molecule has 1 amide bonds. The molecule has 160 valence electrons. The van der Waals surface area contributed by atoms with Gasteiger partial charge in [0.1, 0.15) is 11.6 Å². The molecule has 0 aliphatic carbocycles. The Morgan fingerprint density at radius 1 is 1.20 bits per heavy atom. The SMILES string of the molecule is CCCN(CCC)c1nc(N)nc(CCCc2ccc(C(=O)N=[N+]=[N-])c(OC)c2)n1. The lowest BCUT2D eigenvalue weighted by Gasteiger charge is -2.21. The largest absolute Gasteiger partial charge is 0.496 e. The predicted octanol–water partition coefficient (Wildman–Crippen LogP) is 3.71. The zero-order valence-corrected chi connectivity index (χ0v) is 17.7. The zero-order chi connectivity index (χ0) is 21.9. The first kappa shape index (κ1) is 22.9. The number of aromatic nitrogens is 3. The third-order valence-electron chi connectivity index (χ3n) is 4.45. The molecule has 0 aliphatic heterocycles. The number of rotatable bonds is 11. The van der Waals surface area contributed by atoms with Gasteiger partial charge in [-0.05, 0) is 54.0 Å². The van der Waals surface area contributed by atoms with Gasteiger partial charge in [-0.15, -0.1) is 0 Å². The van der Waals surface area contributed by atoms with Gasteiger partial charge in [0.15, 0.2) is 0 Å². The summed E-state index contributed by atoms with van der Waals surface area (Å²) in [6.45, 7) is 5.98. The molecular formula is C20H28N8O2. The van der Waals surface area contributed by atoms with Crippen LogP contribution in [0.4, 0.5) is 11.9 Å². The number of hydrogen-bond donors (Lipinski definition) is 1. The maximum atomic E-state index is 11.8. The summed E-state index contributed by atoms with van der Waals surface area (Å²) in [5.41, 5.74) is 15.6. The van der Waals surface area contributed by atoms with E-state index in [0.29, 0.717) is 23.9 Å². The summed E-state index contributed by atoms with van der Waals surface area (Å²) in [6.07, 6.45) is 4.17. The van der Waals surface area contributed by atoms with Crippen LogP contribution >= 0.6 is 0 Å². The van der Waals surface area contributed by atoms with Crippen LogP contribution in [0.1, 0.15) is 54.9 Å². The van der Waals surface area contributed by atoms with Crippen molar-refractivity contribution in [1.82, 2.24) is 15.0 Å². The van der Waals surface area contributed by atoms with E-state index in [0.717, 1.165) is 44.3 Å². The lowest BCUT2D eigenvalue weighted by molar-refractivity contribution is 0.0997. The highest BCUT2D eigenvalue weighted by Crippen LogP contribution is 2.22. The third kappa shape index (κ3) is 6.31. The molecule has 10 nitrogen and oxygen atoms in total. The van der Waals surface area contributed by atoms with Crippen molar-refractivity contribution in [3.05, 3.63) is 45.6 Å². The maximum absolute atomic E-state index is 11.8. The molecule has 0 bridgehead atoms. The topological polar surface area (TPSA) is 143 Å². The van der Waals surface area contributed by atoms with E-state index in [-0.39, 0.29) is 11.5 Å². The van der Waals surface area contributed by atoms with Crippen molar-refractivity contribution >= 4 is 17.8 Å². The van der Waals surface area contributed by atoms with Crippen LogP contribution in [0.25, 0.3) is 10.4 Å². The average molecular weight is 412 g/mol. The van der Waals surface area contributed by atoms with Crippen molar-refractivity contribution in [2.24, 2.45) is 5.11 Å². The van der Waals surface area contributed by atoms with Gasteiger partial charge in [0, 0.05) is 24.4 Å². The van der Waals surface area contributed by atoms with Gasteiger partial charge < -0.3 is 15.4 Å². The molecule has 0 saturated heterocycles. The van der Waals surface area contributed by atoms with E-state index in [1.807, 2.05) is 6.07 Å². The van der Waals surface area contributed by atoms with E-state index in [2.05, 4.69) is 43.7 Å². The van der Waals surface area contributed by atoms with Crippen molar-refractivity contribution in [2.75, 3.05) is 30.8 Å². The lowest BCUT2D eigenvalue weighted by Crippen LogP contribution is -2.28. The second kappa shape index (κ2) is 11.6. The fraction of sp³-hybridized carbons (Fsp3) is 0.500. The molecule has 2 aromatic rings. The number of anilines is 2. The number of methoxy groups -OCH3 is 1. The van der Waals surface area contributed by atoms with E-state index in [4.69, 9.17) is 16.0 Å². The molecule has 1 heterocycles. The molecule has 1 aromatic heterocycles. The van der Waals surface area contributed by atoms with Gasteiger partial charge in [0.05, 0.1) is 12.7 Å². The van der Waals surface area contributed by atoms with E-state index in [1.165, 1.54) is 7.11 Å². The number of carbonyl (C=O) groups is 1. The van der Waals surface area contributed by atoms with Crippen LogP contribution in [-0.2, 0) is 12.8 Å². The second-order valence-electron chi connectivity index (χ2n) is 6.78.